The first kappa shape index (κ1) is 90.0. The van der Waals surface area contributed by atoms with Crippen LogP contribution in [0.25, 0.3) is 0 Å². The molecule has 0 aromatic carbocycles. The van der Waals surface area contributed by atoms with E-state index in [1.807, 2.05) is 0 Å². The molecule has 0 aliphatic heterocycles. The van der Waals surface area contributed by atoms with Crippen molar-refractivity contribution in [3.63, 3.8) is 0 Å². The van der Waals surface area contributed by atoms with Crippen LogP contribution in [0, 0.1) is 0 Å². The summed E-state index contributed by atoms with van der Waals surface area (Å²) in [4.78, 5) is 21.6. The van der Waals surface area contributed by atoms with Gasteiger partial charge in [0.05, 0.1) is 0 Å². The van der Waals surface area contributed by atoms with Gasteiger partial charge in [-0.2, -0.15) is 0 Å². The van der Waals surface area contributed by atoms with Crippen molar-refractivity contribution in [2.45, 2.75) is 0 Å². The molecule has 0 unspecified atom stereocenters. The van der Waals surface area contributed by atoms with Crippen molar-refractivity contribution < 1.29 is 52.1 Å². The smallest absolute Gasteiger partial charge is 0.412 e. The monoisotopic (exact) mass is 275 g/mol. The molecule has 3 radical (unpaired) electrons. The standard InChI is InChI=1S/3Na.H3O4P.6H2O/c;;;1-5(2,3)4;;;;;;/h;;;(H3,1,2,3,4);6*1H2. The van der Waals surface area contributed by atoms with E-state index in [0.29, 0.717) is 0 Å². The second kappa shape index (κ2) is 44.6. The van der Waals surface area contributed by atoms with Gasteiger partial charge in [0, 0.05) is 88.7 Å². The van der Waals surface area contributed by atoms with Gasteiger partial charge in [0.2, 0.25) is 0 Å². The van der Waals surface area contributed by atoms with Gasteiger partial charge in [-0.1, -0.05) is 0 Å². The van der Waals surface area contributed by atoms with Crippen molar-refractivity contribution in [2.24, 2.45) is 0 Å². The van der Waals surface area contributed by atoms with E-state index in [1.54, 1.807) is 0 Å². The molecule has 0 atom stereocenters. The third kappa shape index (κ3) is 347. The van der Waals surface area contributed by atoms with Gasteiger partial charge in [-0.05, 0) is 0 Å². The van der Waals surface area contributed by atoms with Crippen molar-refractivity contribution in [3.05, 3.63) is 0 Å². The molecule has 0 spiro atoms. The van der Waals surface area contributed by atoms with Crippen LogP contribution >= 0.6 is 7.82 Å². The minimum atomic E-state index is -4.64. The minimum absolute atomic E-state index is 0. The summed E-state index contributed by atoms with van der Waals surface area (Å²) in [5.41, 5.74) is 0. The fourth-order valence-electron chi connectivity index (χ4n) is 0. The average Bonchev–Trinajstić information content (AvgIpc) is 0.722. The molecule has 14 heteroatoms. The maximum atomic E-state index is 8.88. The molecule has 0 amide bonds. The number of hydrogen-bond donors (Lipinski definition) is 3. The molecular formula is H15Na3O10P. The van der Waals surface area contributed by atoms with Crippen molar-refractivity contribution in [3.8, 4) is 0 Å². The molecule has 15 N–H and O–H groups in total. The topological polar surface area (TPSA) is 267 Å². The fourth-order valence-corrected chi connectivity index (χ4v) is 0. The molecular weight excluding hydrogens is 260 g/mol. The van der Waals surface area contributed by atoms with Crippen LogP contribution in [0.5, 0.6) is 0 Å². The van der Waals surface area contributed by atoms with Gasteiger partial charge in [0.25, 0.3) is 0 Å². The summed E-state index contributed by atoms with van der Waals surface area (Å²) in [5, 5.41) is 0. The second-order valence-electron chi connectivity index (χ2n) is 0.513. The van der Waals surface area contributed by atoms with Gasteiger partial charge in [-0.3, -0.25) is 0 Å². The van der Waals surface area contributed by atoms with Crippen molar-refractivity contribution in [1.29, 1.82) is 0 Å². The molecule has 14 heavy (non-hydrogen) atoms. The van der Waals surface area contributed by atoms with Crippen molar-refractivity contribution in [1.82, 2.24) is 0 Å². The van der Waals surface area contributed by atoms with E-state index in [0.717, 1.165) is 0 Å². The van der Waals surface area contributed by atoms with Crippen molar-refractivity contribution >= 4 is 96.5 Å². The van der Waals surface area contributed by atoms with Gasteiger partial charge in [-0.25, -0.2) is 4.57 Å². The summed E-state index contributed by atoms with van der Waals surface area (Å²) in [6.45, 7) is 0. The molecule has 10 nitrogen and oxygen atoms in total. The summed E-state index contributed by atoms with van der Waals surface area (Å²) < 4.78 is 8.88. The second-order valence-corrected chi connectivity index (χ2v) is 1.54. The fraction of sp³-hybridized carbons (Fsp3) is 0. The molecule has 0 aliphatic rings. The molecule has 0 aromatic heterocycles. The summed E-state index contributed by atoms with van der Waals surface area (Å²) >= 11 is 0. The van der Waals surface area contributed by atoms with Crippen LogP contribution in [-0.4, -0.2) is 136 Å². The predicted octanol–water partition coefficient (Wildman–Crippen LogP) is -7.02. The first-order chi connectivity index (χ1) is 2.00. The van der Waals surface area contributed by atoms with Crippen LogP contribution < -0.4 is 0 Å². The van der Waals surface area contributed by atoms with E-state index in [9.17, 15) is 0 Å². The quantitative estimate of drug-likeness (QED) is 0.287. The predicted molar refractivity (Wildman–Crippen MR) is 53.2 cm³/mol. The van der Waals surface area contributed by atoms with Crippen LogP contribution in [-0.2, 0) is 4.57 Å². The molecule has 83 valence electrons. The van der Waals surface area contributed by atoms with Gasteiger partial charge >= 0.3 is 7.82 Å². The van der Waals surface area contributed by atoms with Crippen LogP contribution in [0.15, 0.2) is 0 Å². The van der Waals surface area contributed by atoms with E-state index in [4.69, 9.17) is 19.2 Å². The zero-order chi connectivity index (χ0) is 4.50. The van der Waals surface area contributed by atoms with Crippen LogP contribution in [0.4, 0.5) is 0 Å². The Balaban J connectivity index is -0.00000000222. The molecule has 0 aliphatic carbocycles. The molecule has 0 saturated heterocycles. The average molecular weight is 275 g/mol. The number of hydrogen-bond acceptors (Lipinski definition) is 1. The maximum Gasteiger partial charge on any atom is 0.466 e. The third-order valence-electron chi connectivity index (χ3n) is 0. The normalized spacial score (nSPS) is 4.21. The molecule has 0 bridgehead atoms. The Hall–Kier alpha value is 2.87. The van der Waals surface area contributed by atoms with Gasteiger partial charge in [0.1, 0.15) is 0 Å². The van der Waals surface area contributed by atoms with E-state index >= 15 is 0 Å². The Morgan fingerprint density at radius 2 is 0.571 bits per heavy atom. The summed E-state index contributed by atoms with van der Waals surface area (Å²) in [6.07, 6.45) is 0. The first-order valence-electron chi connectivity index (χ1n) is 0.783. The molecule has 0 rings (SSSR count). The summed E-state index contributed by atoms with van der Waals surface area (Å²) in [5.74, 6) is 0. The Bertz CT molecular complexity index is 61.5. The Morgan fingerprint density at radius 1 is 0.571 bits per heavy atom. The SMILES string of the molecule is O.O.O.O.O.O.O=P(O)(O)O.[Na].[Na].[Na]. The Morgan fingerprint density at radius 3 is 0.571 bits per heavy atom. The van der Waals surface area contributed by atoms with Crippen LogP contribution in [0.2, 0.25) is 0 Å². The Labute approximate surface area is 146 Å². The maximum absolute atomic E-state index is 8.88. The van der Waals surface area contributed by atoms with Gasteiger partial charge in [-0.15, -0.1) is 0 Å². The number of rotatable bonds is 0. The van der Waals surface area contributed by atoms with E-state index in [1.165, 1.54) is 0 Å². The third-order valence-corrected chi connectivity index (χ3v) is 0. The minimum Gasteiger partial charge on any atom is -0.412 e. The van der Waals surface area contributed by atoms with Crippen molar-refractivity contribution in [2.75, 3.05) is 0 Å². The molecule has 0 fully saturated rings. The first-order valence-corrected chi connectivity index (χ1v) is 2.35. The largest absolute Gasteiger partial charge is 0.466 e. The van der Waals surface area contributed by atoms with Crippen LogP contribution in [0.3, 0.4) is 0 Å². The zero-order valence-electron chi connectivity index (χ0n) is 8.20. The molecule has 0 aromatic rings. The summed E-state index contributed by atoms with van der Waals surface area (Å²) in [7, 11) is -4.64. The van der Waals surface area contributed by atoms with Gasteiger partial charge < -0.3 is 47.5 Å². The van der Waals surface area contributed by atoms with Crippen LogP contribution in [0.1, 0.15) is 0 Å². The molecule has 0 heterocycles. The van der Waals surface area contributed by atoms with E-state index < -0.39 is 7.82 Å². The van der Waals surface area contributed by atoms with E-state index in [2.05, 4.69) is 0 Å². The Kier molecular flexibility index (Phi) is 287. The number of phosphoric acid groups is 1. The van der Waals surface area contributed by atoms with Gasteiger partial charge in [0.15, 0.2) is 0 Å². The molecule has 0 saturated carbocycles. The zero-order valence-corrected chi connectivity index (χ0v) is 15.1. The van der Waals surface area contributed by atoms with E-state index in [-0.39, 0.29) is 122 Å². The summed E-state index contributed by atoms with van der Waals surface area (Å²) in [6, 6.07) is 0.